The fourth-order valence-electron chi connectivity index (χ4n) is 5.66. The summed E-state index contributed by atoms with van der Waals surface area (Å²) >= 11 is 1.32. The van der Waals surface area contributed by atoms with E-state index in [1.165, 1.54) is 31.1 Å². The number of ether oxygens (including phenoxy) is 1. The van der Waals surface area contributed by atoms with Gasteiger partial charge in [0.25, 0.3) is 12.3 Å². The van der Waals surface area contributed by atoms with Crippen molar-refractivity contribution in [2.24, 2.45) is 11.0 Å². The van der Waals surface area contributed by atoms with Crippen LogP contribution in [-0.4, -0.2) is 95.9 Å². The SMILES string of the molecule is COC1=CNC(C(F)F)C=C1C1=C(C(=O)NC2NN=C(C#CC3CC3)S2)CN(C)C(N2CCN3CCCC3C2=O)=C1. The molecule has 0 bridgehead atoms. The lowest BCUT2D eigenvalue weighted by molar-refractivity contribution is -0.139. The molecule has 5 heterocycles. The van der Waals surface area contributed by atoms with Crippen molar-refractivity contribution in [3.05, 3.63) is 46.7 Å². The van der Waals surface area contributed by atoms with Gasteiger partial charge in [-0.1, -0.05) is 5.92 Å². The van der Waals surface area contributed by atoms with Gasteiger partial charge >= 0.3 is 0 Å². The van der Waals surface area contributed by atoms with Crippen molar-refractivity contribution < 1.29 is 23.1 Å². The lowest BCUT2D eigenvalue weighted by atomic mass is 9.91. The fourth-order valence-corrected chi connectivity index (χ4v) is 6.38. The van der Waals surface area contributed by atoms with Crippen molar-refractivity contribution in [1.29, 1.82) is 0 Å². The molecule has 3 unspecified atom stereocenters. The standard InChI is InChI=1S/C28H33F2N7O3S/c1-35-15-19(26(38)32-28-34-33-23(41-28)8-7-16-5-6-16)17(18-12-20(25(29)30)31-14-22(18)40-2)13-24(35)37-11-10-36-9-3-4-21(36)27(37)39/h12-14,16,20-21,25,28,31,34H,3-6,9-11,15H2,1-2H3,(H,32,38). The molecule has 218 valence electrons. The minimum absolute atomic E-state index is 0.0231. The van der Waals surface area contributed by atoms with Gasteiger partial charge in [0.05, 0.1) is 19.7 Å². The zero-order chi connectivity index (χ0) is 28.7. The first-order valence-corrected chi connectivity index (χ1v) is 14.7. The van der Waals surface area contributed by atoms with Crippen molar-refractivity contribution in [2.45, 2.75) is 49.7 Å². The summed E-state index contributed by atoms with van der Waals surface area (Å²) in [6.45, 7) is 2.35. The summed E-state index contributed by atoms with van der Waals surface area (Å²) < 4.78 is 33.1. The number of carbonyl (C=O) groups is 2. The highest BCUT2D eigenvalue weighted by molar-refractivity contribution is 8.15. The van der Waals surface area contributed by atoms with E-state index in [4.69, 9.17) is 4.74 Å². The predicted molar refractivity (Wildman–Crippen MR) is 151 cm³/mol. The summed E-state index contributed by atoms with van der Waals surface area (Å²) in [6, 6.07) is -1.41. The number of piperazine rings is 1. The van der Waals surface area contributed by atoms with E-state index in [2.05, 4.69) is 37.9 Å². The van der Waals surface area contributed by atoms with E-state index in [-0.39, 0.29) is 24.4 Å². The molecule has 3 atom stereocenters. The van der Waals surface area contributed by atoms with Gasteiger partial charge in [-0.05, 0) is 67.6 Å². The molecular formula is C28H33F2N7O3S. The summed E-state index contributed by atoms with van der Waals surface area (Å²) in [5, 5.41) is 10.4. The van der Waals surface area contributed by atoms with Crippen LogP contribution >= 0.6 is 11.8 Å². The number of halogens is 2. The number of methoxy groups -OCH3 is 1. The third-order valence-corrected chi connectivity index (χ3v) is 8.87. The quantitative estimate of drug-likeness (QED) is 0.404. The number of alkyl halides is 2. The Kier molecular flexibility index (Phi) is 7.70. The van der Waals surface area contributed by atoms with Gasteiger partial charge in [-0.15, -0.1) is 0 Å². The number of likely N-dealkylation sites (N-methyl/N-ethyl adjacent to an activating group) is 1. The highest BCUT2D eigenvalue weighted by atomic mass is 32.2. The third kappa shape index (κ3) is 5.67. The number of hydrogen-bond donors (Lipinski definition) is 3. The normalized spacial score (nSPS) is 28.1. The van der Waals surface area contributed by atoms with Gasteiger partial charge in [0.1, 0.15) is 17.6 Å². The summed E-state index contributed by atoms with van der Waals surface area (Å²) in [7, 11) is 3.28. The largest absolute Gasteiger partial charge is 0.495 e. The maximum atomic E-state index is 13.8. The predicted octanol–water partition coefficient (Wildman–Crippen LogP) is 1.49. The molecule has 0 aromatic heterocycles. The molecule has 3 fully saturated rings. The van der Waals surface area contributed by atoms with Gasteiger partial charge in [0.15, 0.2) is 10.5 Å². The molecule has 3 N–H and O–H groups in total. The molecular weight excluding hydrogens is 552 g/mol. The Morgan fingerprint density at radius 2 is 2.10 bits per heavy atom. The van der Waals surface area contributed by atoms with Crippen LogP contribution in [0, 0.1) is 17.8 Å². The first-order valence-electron chi connectivity index (χ1n) is 13.9. The van der Waals surface area contributed by atoms with E-state index in [1.807, 2.05) is 11.9 Å². The summed E-state index contributed by atoms with van der Waals surface area (Å²) in [6.07, 6.45) is 5.88. The summed E-state index contributed by atoms with van der Waals surface area (Å²) in [5.41, 5.74) is 3.56. The number of nitrogens with one attached hydrogen (secondary N) is 3. The van der Waals surface area contributed by atoms with Crippen molar-refractivity contribution in [1.82, 2.24) is 30.8 Å². The Morgan fingerprint density at radius 3 is 2.85 bits per heavy atom. The molecule has 2 amide bonds. The molecule has 2 saturated heterocycles. The smallest absolute Gasteiger partial charge is 0.261 e. The molecule has 0 spiro atoms. The Morgan fingerprint density at radius 1 is 1.27 bits per heavy atom. The van der Waals surface area contributed by atoms with E-state index in [0.29, 0.717) is 45.8 Å². The van der Waals surface area contributed by atoms with Crippen LogP contribution < -0.4 is 16.1 Å². The number of carbonyl (C=O) groups excluding carboxylic acids is 2. The molecule has 1 saturated carbocycles. The van der Waals surface area contributed by atoms with E-state index < -0.39 is 18.0 Å². The van der Waals surface area contributed by atoms with Crippen molar-refractivity contribution in [2.75, 3.05) is 40.3 Å². The van der Waals surface area contributed by atoms with Crippen LogP contribution in [0.1, 0.15) is 25.7 Å². The number of rotatable bonds is 6. The number of amides is 2. The van der Waals surface area contributed by atoms with Crippen LogP contribution in [0.5, 0.6) is 0 Å². The minimum atomic E-state index is -2.67. The van der Waals surface area contributed by atoms with Gasteiger partial charge < -0.3 is 20.3 Å². The first kappa shape index (κ1) is 27.7. The first-order chi connectivity index (χ1) is 19.8. The van der Waals surface area contributed by atoms with Gasteiger partial charge in [-0.2, -0.15) is 5.10 Å². The second-order valence-electron chi connectivity index (χ2n) is 10.8. The third-order valence-electron chi connectivity index (χ3n) is 8.00. The molecule has 6 rings (SSSR count). The second-order valence-corrected chi connectivity index (χ2v) is 11.9. The van der Waals surface area contributed by atoms with Gasteiger partial charge in [-0.3, -0.25) is 24.8 Å². The van der Waals surface area contributed by atoms with Crippen molar-refractivity contribution in [3.8, 4) is 11.8 Å². The lowest BCUT2D eigenvalue weighted by Gasteiger charge is -2.42. The summed E-state index contributed by atoms with van der Waals surface area (Å²) in [5.74, 6) is 7.24. The Labute approximate surface area is 241 Å². The monoisotopic (exact) mass is 585 g/mol. The second kappa shape index (κ2) is 11.4. The van der Waals surface area contributed by atoms with Crippen LogP contribution in [0.15, 0.2) is 51.8 Å². The number of nitrogens with zero attached hydrogens (tertiary/aromatic N) is 4. The van der Waals surface area contributed by atoms with Crippen LogP contribution in [0.3, 0.4) is 0 Å². The maximum Gasteiger partial charge on any atom is 0.261 e. The van der Waals surface area contributed by atoms with Gasteiger partial charge in [-0.25, -0.2) is 8.78 Å². The zero-order valence-corrected chi connectivity index (χ0v) is 23.8. The van der Waals surface area contributed by atoms with Gasteiger partial charge in [0, 0.05) is 43.4 Å². The van der Waals surface area contributed by atoms with Crippen molar-refractivity contribution >= 4 is 28.6 Å². The zero-order valence-electron chi connectivity index (χ0n) is 23.0. The Balaban J connectivity index is 1.32. The number of fused-ring (bicyclic) bond motifs is 1. The van der Waals surface area contributed by atoms with Crippen LogP contribution in [-0.2, 0) is 14.3 Å². The lowest BCUT2D eigenvalue weighted by Crippen LogP contribution is -2.56. The highest BCUT2D eigenvalue weighted by Crippen LogP contribution is 2.35. The van der Waals surface area contributed by atoms with Crippen LogP contribution in [0.4, 0.5) is 8.78 Å². The molecule has 41 heavy (non-hydrogen) atoms. The number of thioether (sulfide) groups is 1. The Bertz CT molecular complexity index is 1340. The minimum Gasteiger partial charge on any atom is -0.495 e. The number of hydrazone groups is 1. The highest BCUT2D eigenvalue weighted by Gasteiger charge is 2.41. The number of dihydropyridines is 1. The van der Waals surface area contributed by atoms with E-state index in [0.717, 1.165) is 38.8 Å². The Hall–Kier alpha value is -3.50. The molecule has 0 aromatic carbocycles. The van der Waals surface area contributed by atoms with Crippen LogP contribution in [0.2, 0.25) is 0 Å². The maximum absolute atomic E-state index is 13.8. The average Bonchev–Trinajstić information content (AvgIpc) is 3.48. The molecule has 6 aliphatic rings. The molecule has 13 heteroatoms. The van der Waals surface area contributed by atoms with Crippen LogP contribution in [0.25, 0.3) is 0 Å². The molecule has 1 aliphatic carbocycles. The van der Waals surface area contributed by atoms with E-state index in [1.54, 1.807) is 11.0 Å². The average molecular weight is 586 g/mol. The number of allylic oxidation sites excluding steroid dienone is 2. The topological polar surface area (TPSA) is 102 Å². The van der Waals surface area contributed by atoms with Crippen molar-refractivity contribution in [3.63, 3.8) is 0 Å². The fraction of sp³-hybridized carbons (Fsp3) is 0.536. The molecule has 0 radical (unpaired) electrons. The number of hydrogen-bond acceptors (Lipinski definition) is 9. The van der Waals surface area contributed by atoms with Gasteiger partial charge in [0.2, 0.25) is 5.91 Å². The molecule has 0 aromatic rings. The molecule has 5 aliphatic heterocycles. The molecule has 10 nitrogen and oxygen atoms in total. The van der Waals surface area contributed by atoms with E-state index in [9.17, 15) is 18.4 Å². The summed E-state index contributed by atoms with van der Waals surface area (Å²) in [4.78, 5) is 33.1. The van der Waals surface area contributed by atoms with E-state index >= 15 is 0 Å².